The molecule has 20 heavy (non-hydrogen) atoms. The molecule has 2 N–H and O–H groups in total. The van der Waals surface area contributed by atoms with Gasteiger partial charge >= 0.3 is 5.97 Å². The summed E-state index contributed by atoms with van der Waals surface area (Å²) in [7, 11) is 0. The minimum Gasteiger partial charge on any atom is -0.478 e. The number of hydrogen-bond donors (Lipinski definition) is 2. The number of rotatable bonds is 4. The SMILES string of the molecule is C[C@@H](NC(=O)c1ncccc1C(=O)O)c1ccccn1. The molecule has 6 nitrogen and oxygen atoms in total. The lowest BCUT2D eigenvalue weighted by atomic mass is 10.1. The second-order valence-corrected chi connectivity index (χ2v) is 4.15. The first-order valence-corrected chi connectivity index (χ1v) is 5.99. The van der Waals surface area contributed by atoms with Gasteiger partial charge in [0.15, 0.2) is 0 Å². The minimum absolute atomic E-state index is 0.109. The zero-order valence-electron chi connectivity index (χ0n) is 10.8. The van der Waals surface area contributed by atoms with Gasteiger partial charge < -0.3 is 10.4 Å². The molecule has 2 rings (SSSR count). The number of nitrogens with zero attached hydrogens (tertiary/aromatic N) is 2. The van der Waals surface area contributed by atoms with Gasteiger partial charge in [0.25, 0.3) is 5.91 Å². The molecule has 6 heteroatoms. The highest BCUT2D eigenvalue weighted by Gasteiger charge is 2.19. The number of carboxylic acid groups (broad SMARTS) is 1. The van der Waals surface area contributed by atoms with Crippen LogP contribution in [0.3, 0.4) is 0 Å². The number of hydrogen-bond acceptors (Lipinski definition) is 4. The van der Waals surface area contributed by atoms with Crippen molar-refractivity contribution in [1.29, 1.82) is 0 Å². The second kappa shape index (κ2) is 5.92. The molecule has 1 atom stereocenters. The summed E-state index contributed by atoms with van der Waals surface area (Å²) in [4.78, 5) is 31.1. The number of carboxylic acids is 1. The maximum Gasteiger partial charge on any atom is 0.338 e. The zero-order valence-corrected chi connectivity index (χ0v) is 10.8. The fraction of sp³-hybridized carbons (Fsp3) is 0.143. The molecule has 2 aromatic heterocycles. The third kappa shape index (κ3) is 2.97. The molecule has 0 saturated carbocycles. The van der Waals surface area contributed by atoms with E-state index in [1.54, 1.807) is 25.3 Å². The van der Waals surface area contributed by atoms with Gasteiger partial charge in [-0.2, -0.15) is 0 Å². The van der Waals surface area contributed by atoms with Gasteiger partial charge in [-0.1, -0.05) is 6.07 Å². The van der Waals surface area contributed by atoms with E-state index < -0.39 is 11.9 Å². The van der Waals surface area contributed by atoms with Crippen LogP contribution in [0.25, 0.3) is 0 Å². The maximum absolute atomic E-state index is 12.1. The van der Waals surface area contributed by atoms with Crippen LogP contribution < -0.4 is 5.32 Å². The molecule has 0 radical (unpaired) electrons. The Kier molecular flexibility index (Phi) is 4.05. The van der Waals surface area contributed by atoms with Gasteiger partial charge in [0.1, 0.15) is 5.69 Å². The topological polar surface area (TPSA) is 92.2 Å². The molecule has 0 bridgehead atoms. The Morgan fingerprint density at radius 2 is 1.90 bits per heavy atom. The summed E-state index contributed by atoms with van der Waals surface area (Å²) in [5.41, 5.74) is 0.453. The van der Waals surface area contributed by atoms with E-state index in [1.165, 1.54) is 18.3 Å². The number of aromatic carboxylic acids is 1. The molecule has 0 spiro atoms. The Hall–Kier alpha value is -2.76. The van der Waals surface area contributed by atoms with Crippen molar-refractivity contribution in [2.24, 2.45) is 0 Å². The minimum atomic E-state index is -1.19. The number of carbonyl (C=O) groups excluding carboxylic acids is 1. The number of nitrogens with one attached hydrogen (secondary N) is 1. The van der Waals surface area contributed by atoms with E-state index in [1.807, 2.05) is 6.07 Å². The quantitative estimate of drug-likeness (QED) is 0.882. The van der Waals surface area contributed by atoms with Crippen LogP contribution in [0.4, 0.5) is 0 Å². The Bertz CT molecular complexity index is 629. The standard InChI is InChI=1S/C14H13N3O3/c1-9(11-6-2-3-7-15-11)17-13(18)12-10(14(19)20)5-4-8-16-12/h2-9H,1H3,(H,17,18)(H,19,20)/t9-/m1/s1. The first-order chi connectivity index (χ1) is 9.59. The van der Waals surface area contributed by atoms with E-state index in [4.69, 9.17) is 5.11 Å². The first kappa shape index (κ1) is 13.7. The molecule has 0 aliphatic heterocycles. The van der Waals surface area contributed by atoms with E-state index in [9.17, 15) is 9.59 Å². The van der Waals surface area contributed by atoms with Crippen molar-refractivity contribution in [3.05, 3.63) is 59.7 Å². The van der Waals surface area contributed by atoms with Gasteiger partial charge in [0.05, 0.1) is 17.3 Å². The lowest BCUT2D eigenvalue weighted by Crippen LogP contribution is -2.29. The molecular weight excluding hydrogens is 258 g/mol. The maximum atomic E-state index is 12.1. The molecule has 0 aliphatic rings. The van der Waals surface area contributed by atoms with E-state index in [0.717, 1.165) is 0 Å². The van der Waals surface area contributed by atoms with Crippen LogP contribution in [0.15, 0.2) is 42.7 Å². The predicted molar refractivity (Wildman–Crippen MR) is 71.3 cm³/mol. The molecular formula is C14H13N3O3. The third-order valence-corrected chi connectivity index (χ3v) is 2.73. The Morgan fingerprint density at radius 3 is 2.55 bits per heavy atom. The molecule has 0 aliphatic carbocycles. The summed E-state index contributed by atoms with van der Waals surface area (Å²) in [6, 6.07) is 7.85. The molecule has 102 valence electrons. The van der Waals surface area contributed by atoms with E-state index >= 15 is 0 Å². The van der Waals surface area contributed by atoms with Crippen molar-refractivity contribution >= 4 is 11.9 Å². The lowest BCUT2D eigenvalue weighted by Gasteiger charge is -2.13. The largest absolute Gasteiger partial charge is 0.478 e. The summed E-state index contributed by atoms with van der Waals surface area (Å²) in [6.07, 6.45) is 3.01. The monoisotopic (exact) mass is 271 g/mol. The van der Waals surface area contributed by atoms with Crippen LogP contribution in [0.2, 0.25) is 0 Å². The molecule has 2 aromatic rings. The lowest BCUT2D eigenvalue weighted by molar-refractivity contribution is 0.0689. The summed E-state index contributed by atoms with van der Waals surface area (Å²) in [5.74, 6) is -1.73. The molecule has 0 fully saturated rings. The van der Waals surface area contributed by atoms with Gasteiger partial charge in [-0.15, -0.1) is 0 Å². The van der Waals surface area contributed by atoms with Gasteiger partial charge in [-0.3, -0.25) is 14.8 Å². The zero-order chi connectivity index (χ0) is 14.5. The molecule has 1 amide bonds. The number of amides is 1. The normalized spacial score (nSPS) is 11.7. The second-order valence-electron chi connectivity index (χ2n) is 4.15. The van der Waals surface area contributed by atoms with Gasteiger partial charge in [-0.05, 0) is 31.2 Å². The summed E-state index contributed by atoms with van der Waals surface area (Å²) in [5, 5.41) is 11.7. The Labute approximate surface area is 115 Å². The van der Waals surface area contributed by atoms with Crippen molar-refractivity contribution in [3.8, 4) is 0 Å². The van der Waals surface area contributed by atoms with Crippen molar-refractivity contribution in [2.75, 3.05) is 0 Å². The summed E-state index contributed by atoms with van der Waals surface area (Å²) in [6.45, 7) is 1.77. The summed E-state index contributed by atoms with van der Waals surface area (Å²) < 4.78 is 0. The molecule has 0 unspecified atom stereocenters. The number of carbonyl (C=O) groups is 2. The van der Waals surface area contributed by atoms with Gasteiger partial charge in [0, 0.05) is 12.4 Å². The Morgan fingerprint density at radius 1 is 1.15 bits per heavy atom. The third-order valence-electron chi connectivity index (χ3n) is 2.73. The van der Waals surface area contributed by atoms with Crippen molar-refractivity contribution in [3.63, 3.8) is 0 Å². The van der Waals surface area contributed by atoms with Crippen LogP contribution in [0.1, 0.15) is 39.5 Å². The molecule has 2 heterocycles. The van der Waals surface area contributed by atoms with Crippen molar-refractivity contribution < 1.29 is 14.7 Å². The molecule has 0 saturated heterocycles. The van der Waals surface area contributed by atoms with Crippen LogP contribution in [-0.4, -0.2) is 27.0 Å². The number of pyridine rings is 2. The van der Waals surface area contributed by atoms with E-state index in [2.05, 4.69) is 15.3 Å². The fourth-order valence-corrected chi connectivity index (χ4v) is 1.73. The van der Waals surface area contributed by atoms with E-state index in [0.29, 0.717) is 5.69 Å². The van der Waals surface area contributed by atoms with Crippen molar-refractivity contribution in [2.45, 2.75) is 13.0 Å². The highest BCUT2D eigenvalue weighted by Crippen LogP contribution is 2.11. The highest BCUT2D eigenvalue weighted by molar-refractivity contribution is 6.03. The van der Waals surface area contributed by atoms with Crippen LogP contribution in [-0.2, 0) is 0 Å². The van der Waals surface area contributed by atoms with Crippen LogP contribution >= 0.6 is 0 Å². The number of aromatic nitrogens is 2. The smallest absolute Gasteiger partial charge is 0.338 e. The van der Waals surface area contributed by atoms with E-state index in [-0.39, 0.29) is 17.3 Å². The van der Waals surface area contributed by atoms with Crippen molar-refractivity contribution in [1.82, 2.24) is 15.3 Å². The van der Waals surface area contributed by atoms with Crippen LogP contribution in [0.5, 0.6) is 0 Å². The molecule has 0 aromatic carbocycles. The fourth-order valence-electron chi connectivity index (χ4n) is 1.73. The average Bonchev–Trinajstić information content (AvgIpc) is 2.48. The Balaban J connectivity index is 2.19. The predicted octanol–water partition coefficient (Wildman–Crippen LogP) is 1.67. The average molecular weight is 271 g/mol. The summed E-state index contributed by atoms with van der Waals surface area (Å²) >= 11 is 0. The van der Waals surface area contributed by atoms with Gasteiger partial charge in [-0.25, -0.2) is 4.79 Å². The first-order valence-electron chi connectivity index (χ1n) is 5.99. The van der Waals surface area contributed by atoms with Crippen LogP contribution in [0, 0.1) is 0 Å². The van der Waals surface area contributed by atoms with Gasteiger partial charge in [0.2, 0.25) is 0 Å². The highest BCUT2D eigenvalue weighted by atomic mass is 16.4.